The number of hydrogen-bond donors (Lipinski definition) is 2. The lowest BCUT2D eigenvalue weighted by molar-refractivity contribution is 0.102. The van der Waals surface area contributed by atoms with Crippen molar-refractivity contribution in [1.29, 1.82) is 0 Å². The van der Waals surface area contributed by atoms with Crippen LogP contribution in [0.4, 0.5) is 11.5 Å². The minimum Gasteiger partial charge on any atom is -0.366 e. The van der Waals surface area contributed by atoms with E-state index in [0.717, 1.165) is 5.56 Å². The molecule has 1 aromatic heterocycles. The van der Waals surface area contributed by atoms with E-state index in [9.17, 15) is 4.79 Å². The zero-order valence-corrected chi connectivity index (χ0v) is 13.5. The fourth-order valence-electron chi connectivity index (χ4n) is 2.13. The molecule has 3 rings (SSSR count). The van der Waals surface area contributed by atoms with Gasteiger partial charge in [0.25, 0.3) is 5.91 Å². The molecule has 1 amide bonds. The molecule has 0 fully saturated rings. The lowest BCUT2D eigenvalue weighted by atomic mass is 10.2. The van der Waals surface area contributed by atoms with Crippen LogP contribution in [0.2, 0.25) is 5.02 Å². The molecule has 0 aliphatic carbocycles. The molecule has 0 spiro atoms. The van der Waals surface area contributed by atoms with Crippen molar-refractivity contribution in [3.8, 4) is 0 Å². The summed E-state index contributed by atoms with van der Waals surface area (Å²) < 4.78 is 0. The first-order valence-corrected chi connectivity index (χ1v) is 7.75. The van der Waals surface area contributed by atoms with E-state index in [1.165, 1.54) is 6.33 Å². The van der Waals surface area contributed by atoms with Gasteiger partial charge in [0.05, 0.1) is 0 Å². The summed E-state index contributed by atoms with van der Waals surface area (Å²) in [6.45, 7) is 0.618. The Balaban J connectivity index is 1.67. The number of amides is 1. The summed E-state index contributed by atoms with van der Waals surface area (Å²) in [5.41, 5.74) is 2.02. The Kier molecular flexibility index (Phi) is 5.03. The van der Waals surface area contributed by atoms with E-state index in [1.807, 2.05) is 30.3 Å². The minimum absolute atomic E-state index is 0.278. The highest BCUT2D eigenvalue weighted by Gasteiger charge is 2.09. The third kappa shape index (κ3) is 4.30. The SMILES string of the molecule is O=C(Nc1cccc(Cl)c1)c1cc(NCc2ccccc2)ncn1. The van der Waals surface area contributed by atoms with Gasteiger partial charge in [-0.1, -0.05) is 48.0 Å². The highest BCUT2D eigenvalue weighted by Crippen LogP contribution is 2.16. The van der Waals surface area contributed by atoms with E-state index in [2.05, 4.69) is 20.6 Å². The number of carbonyl (C=O) groups excluding carboxylic acids is 1. The Hall–Kier alpha value is -2.92. The van der Waals surface area contributed by atoms with E-state index >= 15 is 0 Å². The molecule has 0 bridgehead atoms. The molecule has 0 saturated heterocycles. The van der Waals surface area contributed by atoms with Crippen LogP contribution in [-0.2, 0) is 6.54 Å². The molecule has 3 aromatic rings. The van der Waals surface area contributed by atoms with Gasteiger partial charge in [-0.25, -0.2) is 9.97 Å². The number of benzene rings is 2. The molecule has 2 aromatic carbocycles. The highest BCUT2D eigenvalue weighted by molar-refractivity contribution is 6.30. The summed E-state index contributed by atoms with van der Waals surface area (Å²) in [6, 6.07) is 18.5. The largest absolute Gasteiger partial charge is 0.366 e. The van der Waals surface area contributed by atoms with Gasteiger partial charge in [0.1, 0.15) is 17.8 Å². The number of nitrogens with one attached hydrogen (secondary N) is 2. The van der Waals surface area contributed by atoms with Crippen molar-refractivity contribution in [2.45, 2.75) is 6.54 Å². The first-order valence-electron chi connectivity index (χ1n) is 7.37. The summed E-state index contributed by atoms with van der Waals surface area (Å²) in [7, 11) is 0. The number of rotatable bonds is 5. The van der Waals surface area contributed by atoms with Crippen LogP contribution < -0.4 is 10.6 Å². The molecule has 0 aliphatic heterocycles. The number of carbonyl (C=O) groups is 1. The Morgan fingerprint density at radius 3 is 2.62 bits per heavy atom. The molecule has 24 heavy (non-hydrogen) atoms. The van der Waals surface area contributed by atoms with E-state index in [4.69, 9.17) is 11.6 Å². The van der Waals surface area contributed by atoms with E-state index < -0.39 is 0 Å². The van der Waals surface area contributed by atoms with Gasteiger partial charge in [-0.3, -0.25) is 4.79 Å². The summed E-state index contributed by atoms with van der Waals surface area (Å²) in [5.74, 6) is 0.271. The normalized spacial score (nSPS) is 10.2. The molecule has 1 heterocycles. The number of aromatic nitrogens is 2. The first-order chi connectivity index (χ1) is 11.7. The van der Waals surface area contributed by atoms with Crippen LogP contribution in [0.25, 0.3) is 0 Å². The molecule has 0 saturated carbocycles. The number of nitrogens with zero attached hydrogens (tertiary/aromatic N) is 2. The van der Waals surface area contributed by atoms with Crippen LogP contribution in [0, 0.1) is 0 Å². The van der Waals surface area contributed by atoms with E-state index in [1.54, 1.807) is 30.3 Å². The predicted molar refractivity (Wildman–Crippen MR) is 95.2 cm³/mol. The third-order valence-corrected chi connectivity index (χ3v) is 3.53. The summed E-state index contributed by atoms with van der Waals surface area (Å²) in [6.07, 6.45) is 1.36. The Labute approximate surface area is 144 Å². The zero-order valence-electron chi connectivity index (χ0n) is 12.7. The van der Waals surface area contributed by atoms with Crippen LogP contribution in [0.3, 0.4) is 0 Å². The molecular formula is C18H15ClN4O. The summed E-state index contributed by atoms with van der Waals surface area (Å²) >= 11 is 5.91. The van der Waals surface area contributed by atoms with Gasteiger partial charge in [0.2, 0.25) is 0 Å². The molecule has 5 nitrogen and oxygen atoms in total. The minimum atomic E-state index is -0.317. The Bertz CT molecular complexity index is 839. The van der Waals surface area contributed by atoms with Gasteiger partial charge in [0, 0.05) is 23.3 Å². The van der Waals surface area contributed by atoms with Crippen LogP contribution in [-0.4, -0.2) is 15.9 Å². The molecule has 6 heteroatoms. The van der Waals surface area contributed by atoms with Gasteiger partial charge in [0.15, 0.2) is 0 Å². The molecular weight excluding hydrogens is 324 g/mol. The fourth-order valence-corrected chi connectivity index (χ4v) is 2.32. The quantitative estimate of drug-likeness (QED) is 0.738. The molecule has 2 N–H and O–H groups in total. The average molecular weight is 339 g/mol. The monoisotopic (exact) mass is 338 g/mol. The average Bonchev–Trinajstić information content (AvgIpc) is 2.61. The van der Waals surface area contributed by atoms with E-state index in [-0.39, 0.29) is 11.6 Å². The van der Waals surface area contributed by atoms with Crippen molar-refractivity contribution in [2.24, 2.45) is 0 Å². The second-order valence-electron chi connectivity index (χ2n) is 5.09. The van der Waals surface area contributed by atoms with Crippen LogP contribution >= 0.6 is 11.6 Å². The summed E-state index contributed by atoms with van der Waals surface area (Å²) in [5, 5.41) is 6.49. The second kappa shape index (κ2) is 7.57. The van der Waals surface area contributed by atoms with Gasteiger partial charge in [-0.2, -0.15) is 0 Å². The molecule has 0 aliphatic rings. The zero-order chi connectivity index (χ0) is 16.8. The second-order valence-corrected chi connectivity index (χ2v) is 5.53. The third-order valence-electron chi connectivity index (χ3n) is 3.30. The van der Waals surface area contributed by atoms with Crippen LogP contribution in [0.5, 0.6) is 0 Å². The van der Waals surface area contributed by atoms with Crippen molar-refractivity contribution in [1.82, 2.24) is 9.97 Å². The topological polar surface area (TPSA) is 66.9 Å². The number of anilines is 2. The van der Waals surface area contributed by atoms with Crippen LogP contribution in [0.15, 0.2) is 67.0 Å². The van der Waals surface area contributed by atoms with Gasteiger partial charge in [-0.05, 0) is 23.8 Å². The van der Waals surface area contributed by atoms with Crippen molar-refractivity contribution in [3.63, 3.8) is 0 Å². The van der Waals surface area contributed by atoms with Gasteiger partial charge < -0.3 is 10.6 Å². The predicted octanol–water partition coefficient (Wildman–Crippen LogP) is 3.99. The fraction of sp³-hybridized carbons (Fsp3) is 0.0556. The van der Waals surface area contributed by atoms with Crippen molar-refractivity contribution < 1.29 is 4.79 Å². The Morgan fingerprint density at radius 2 is 1.83 bits per heavy atom. The van der Waals surface area contributed by atoms with Crippen molar-refractivity contribution >= 4 is 29.0 Å². The number of hydrogen-bond acceptors (Lipinski definition) is 4. The van der Waals surface area contributed by atoms with Crippen LogP contribution in [0.1, 0.15) is 16.1 Å². The molecule has 0 unspecified atom stereocenters. The maximum atomic E-state index is 12.3. The standard InChI is InChI=1S/C18H15ClN4O/c19-14-7-4-8-15(9-14)23-18(24)16-10-17(22-12-21-16)20-11-13-5-2-1-3-6-13/h1-10,12H,11H2,(H,23,24)(H,20,21,22). The summed E-state index contributed by atoms with van der Waals surface area (Å²) in [4.78, 5) is 20.4. The molecule has 120 valence electrons. The van der Waals surface area contributed by atoms with Crippen molar-refractivity contribution in [3.05, 3.63) is 83.3 Å². The van der Waals surface area contributed by atoms with E-state index in [0.29, 0.717) is 23.1 Å². The molecule has 0 atom stereocenters. The maximum absolute atomic E-state index is 12.3. The first kappa shape index (κ1) is 16.0. The lowest BCUT2D eigenvalue weighted by Gasteiger charge is -2.08. The van der Waals surface area contributed by atoms with Crippen molar-refractivity contribution in [2.75, 3.05) is 10.6 Å². The maximum Gasteiger partial charge on any atom is 0.274 e. The smallest absolute Gasteiger partial charge is 0.274 e. The lowest BCUT2D eigenvalue weighted by Crippen LogP contribution is -2.14. The van der Waals surface area contributed by atoms with Gasteiger partial charge in [-0.15, -0.1) is 0 Å². The Morgan fingerprint density at radius 1 is 1.00 bits per heavy atom. The van der Waals surface area contributed by atoms with Gasteiger partial charge >= 0.3 is 0 Å². The highest BCUT2D eigenvalue weighted by atomic mass is 35.5. The number of halogens is 1. The molecule has 0 radical (unpaired) electrons.